The van der Waals surface area contributed by atoms with Crippen LogP contribution in [0.3, 0.4) is 0 Å². The van der Waals surface area contributed by atoms with Crippen molar-refractivity contribution in [3.8, 4) is 0 Å². The Balaban J connectivity index is 2.84. The van der Waals surface area contributed by atoms with Crippen LogP contribution in [-0.2, 0) is 9.59 Å². The van der Waals surface area contributed by atoms with Crippen LogP contribution in [0.4, 0.5) is 10.5 Å². The number of benzene rings is 1. The van der Waals surface area contributed by atoms with Crippen molar-refractivity contribution in [2.24, 2.45) is 5.73 Å². The lowest BCUT2D eigenvalue weighted by atomic mass is 10.2. The van der Waals surface area contributed by atoms with Crippen molar-refractivity contribution >= 4 is 46.8 Å². The second-order valence-electron chi connectivity index (χ2n) is 4.21. The molecule has 7 nitrogen and oxygen atoms in total. The lowest BCUT2D eigenvalue weighted by Gasteiger charge is -2.15. The van der Waals surface area contributed by atoms with E-state index in [1.54, 1.807) is 13.0 Å². The van der Waals surface area contributed by atoms with E-state index in [1.165, 1.54) is 6.07 Å². The average molecular weight is 334 g/mol. The normalized spacial score (nSPS) is 11.6. The third kappa shape index (κ3) is 4.80. The van der Waals surface area contributed by atoms with Crippen molar-refractivity contribution in [3.63, 3.8) is 0 Å². The monoisotopic (exact) mass is 333 g/mol. The molecule has 1 atom stereocenters. The Labute approximate surface area is 130 Å². The number of amides is 3. The van der Waals surface area contributed by atoms with E-state index in [0.29, 0.717) is 5.56 Å². The zero-order chi connectivity index (χ0) is 16.2. The molecule has 0 aliphatic heterocycles. The van der Waals surface area contributed by atoms with Crippen molar-refractivity contribution in [1.29, 1.82) is 0 Å². The number of hydrogen-bond acceptors (Lipinski definition) is 3. The predicted molar refractivity (Wildman–Crippen MR) is 78.6 cm³/mol. The van der Waals surface area contributed by atoms with E-state index in [1.807, 2.05) is 0 Å². The van der Waals surface area contributed by atoms with E-state index in [-0.39, 0.29) is 15.7 Å². The SMILES string of the molecule is Cc1ccc(Cl)c(NC(=O)N[C@H](CC(N)=O)C(=O)O)c1Cl. The van der Waals surface area contributed by atoms with Gasteiger partial charge < -0.3 is 21.5 Å². The number of halogens is 2. The van der Waals surface area contributed by atoms with Crippen LogP contribution in [0.2, 0.25) is 10.0 Å². The van der Waals surface area contributed by atoms with E-state index in [9.17, 15) is 14.4 Å². The molecule has 0 saturated heterocycles. The second-order valence-corrected chi connectivity index (χ2v) is 5.00. The summed E-state index contributed by atoms with van der Waals surface area (Å²) in [6.45, 7) is 1.72. The Kier molecular flexibility index (Phi) is 5.80. The summed E-state index contributed by atoms with van der Waals surface area (Å²) in [6.07, 6.45) is -0.530. The van der Waals surface area contributed by atoms with Crippen LogP contribution in [0.5, 0.6) is 0 Å². The summed E-state index contributed by atoms with van der Waals surface area (Å²) in [5, 5.41) is 13.8. The maximum absolute atomic E-state index is 11.8. The molecule has 0 aliphatic rings. The minimum atomic E-state index is -1.44. The van der Waals surface area contributed by atoms with Crippen molar-refractivity contribution < 1.29 is 19.5 Å². The molecule has 1 rings (SSSR count). The van der Waals surface area contributed by atoms with E-state index in [2.05, 4.69) is 10.6 Å². The van der Waals surface area contributed by atoms with E-state index >= 15 is 0 Å². The van der Waals surface area contributed by atoms with Gasteiger partial charge in [-0.3, -0.25) is 4.79 Å². The van der Waals surface area contributed by atoms with Gasteiger partial charge in [0.25, 0.3) is 0 Å². The molecule has 1 aromatic carbocycles. The van der Waals surface area contributed by atoms with Crippen LogP contribution < -0.4 is 16.4 Å². The molecule has 0 spiro atoms. The van der Waals surface area contributed by atoms with Gasteiger partial charge in [0.15, 0.2) is 0 Å². The summed E-state index contributed by atoms with van der Waals surface area (Å²) in [4.78, 5) is 33.4. The van der Waals surface area contributed by atoms with Crippen LogP contribution in [-0.4, -0.2) is 29.1 Å². The van der Waals surface area contributed by atoms with Gasteiger partial charge in [-0.15, -0.1) is 0 Å². The highest BCUT2D eigenvalue weighted by Crippen LogP contribution is 2.32. The predicted octanol–water partition coefficient (Wildman–Crippen LogP) is 1.75. The molecule has 0 bridgehead atoms. The van der Waals surface area contributed by atoms with Crippen LogP contribution >= 0.6 is 23.2 Å². The van der Waals surface area contributed by atoms with E-state index in [0.717, 1.165) is 0 Å². The van der Waals surface area contributed by atoms with E-state index < -0.39 is 30.4 Å². The largest absolute Gasteiger partial charge is 0.480 e. The Morgan fingerprint density at radius 1 is 1.33 bits per heavy atom. The average Bonchev–Trinajstić information content (AvgIpc) is 2.38. The molecule has 0 heterocycles. The Bertz CT molecular complexity index is 592. The van der Waals surface area contributed by atoms with Crippen molar-refractivity contribution in [3.05, 3.63) is 27.7 Å². The summed E-state index contributed by atoms with van der Waals surface area (Å²) in [5.74, 6) is -2.24. The zero-order valence-electron chi connectivity index (χ0n) is 10.9. The van der Waals surface area contributed by atoms with E-state index in [4.69, 9.17) is 34.0 Å². The van der Waals surface area contributed by atoms with Gasteiger partial charge in [-0.1, -0.05) is 29.3 Å². The van der Waals surface area contributed by atoms with Crippen LogP contribution in [0, 0.1) is 6.92 Å². The molecular weight excluding hydrogens is 321 g/mol. The fourth-order valence-electron chi connectivity index (χ4n) is 1.48. The molecule has 1 aromatic rings. The molecule has 0 radical (unpaired) electrons. The molecule has 0 fully saturated rings. The van der Waals surface area contributed by atoms with Gasteiger partial charge in [-0.2, -0.15) is 0 Å². The molecule has 0 saturated carbocycles. The number of hydrogen-bond donors (Lipinski definition) is 4. The lowest BCUT2D eigenvalue weighted by molar-refractivity contribution is -0.140. The van der Waals surface area contributed by atoms with Crippen LogP contribution in [0.1, 0.15) is 12.0 Å². The molecule has 3 amide bonds. The molecule has 114 valence electrons. The smallest absolute Gasteiger partial charge is 0.326 e. The van der Waals surface area contributed by atoms with Crippen LogP contribution in [0.25, 0.3) is 0 Å². The third-order valence-electron chi connectivity index (χ3n) is 2.53. The molecule has 21 heavy (non-hydrogen) atoms. The lowest BCUT2D eigenvalue weighted by Crippen LogP contribution is -2.45. The van der Waals surface area contributed by atoms with Crippen molar-refractivity contribution in [1.82, 2.24) is 5.32 Å². The summed E-state index contributed by atoms with van der Waals surface area (Å²) >= 11 is 11.9. The highest BCUT2D eigenvalue weighted by molar-refractivity contribution is 6.40. The number of aryl methyl sites for hydroxylation is 1. The standard InChI is InChI=1S/C12H13Cl2N3O4/c1-5-2-3-6(13)10(9(5)14)17-12(21)16-7(11(19)20)4-8(15)18/h2-3,7H,4H2,1H3,(H2,15,18)(H,19,20)(H2,16,17,21)/t7-/m1/s1. The van der Waals surface area contributed by atoms with Gasteiger partial charge in [0.2, 0.25) is 5.91 Å². The molecule has 5 N–H and O–H groups in total. The summed E-state index contributed by atoms with van der Waals surface area (Å²) in [6, 6.07) is 0.903. The summed E-state index contributed by atoms with van der Waals surface area (Å²) in [5.41, 5.74) is 5.75. The number of anilines is 1. The fraction of sp³-hybridized carbons (Fsp3) is 0.250. The van der Waals surface area contributed by atoms with Crippen molar-refractivity contribution in [2.75, 3.05) is 5.32 Å². The van der Waals surface area contributed by atoms with Gasteiger partial charge in [-0.25, -0.2) is 9.59 Å². The molecular formula is C12H13Cl2N3O4. The number of urea groups is 1. The number of carboxylic acid groups (broad SMARTS) is 1. The topological polar surface area (TPSA) is 122 Å². The summed E-state index contributed by atoms with van der Waals surface area (Å²) < 4.78 is 0. The van der Waals surface area contributed by atoms with Crippen LogP contribution in [0.15, 0.2) is 12.1 Å². The minimum Gasteiger partial charge on any atom is -0.480 e. The van der Waals surface area contributed by atoms with Crippen molar-refractivity contribution in [2.45, 2.75) is 19.4 Å². The first-order chi connectivity index (χ1) is 9.72. The third-order valence-corrected chi connectivity index (χ3v) is 3.33. The maximum atomic E-state index is 11.8. The van der Waals surface area contributed by atoms with Gasteiger partial charge in [-0.05, 0) is 18.6 Å². The number of carboxylic acids is 1. The second kappa shape index (κ2) is 7.14. The zero-order valence-corrected chi connectivity index (χ0v) is 12.5. The summed E-state index contributed by atoms with van der Waals surface area (Å²) in [7, 11) is 0. The first-order valence-electron chi connectivity index (χ1n) is 5.75. The highest BCUT2D eigenvalue weighted by atomic mass is 35.5. The van der Waals surface area contributed by atoms with Gasteiger partial charge >= 0.3 is 12.0 Å². The fourth-order valence-corrected chi connectivity index (χ4v) is 1.95. The Morgan fingerprint density at radius 3 is 2.48 bits per heavy atom. The number of carbonyl (C=O) groups is 3. The highest BCUT2D eigenvalue weighted by Gasteiger charge is 2.23. The molecule has 0 unspecified atom stereocenters. The quantitative estimate of drug-likeness (QED) is 0.655. The Morgan fingerprint density at radius 2 is 1.95 bits per heavy atom. The number of nitrogens with two attached hydrogens (primary N) is 1. The first kappa shape index (κ1) is 17.1. The van der Waals surface area contributed by atoms with Gasteiger partial charge in [0.1, 0.15) is 6.04 Å². The number of nitrogens with one attached hydrogen (secondary N) is 2. The van der Waals surface area contributed by atoms with Gasteiger partial charge in [0.05, 0.1) is 22.2 Å². The molecule has 0 aliphatic carbocycles. The number of aliphatic carboxylic acids is 1. The Hall–Kier alpha value is -1.99. The maximum Gasteiger partial charge on any atom is 0.326 e. The van der Waals surface area contributed by atoms with Gasteiger partial charge in [0, 0.05) is 0 Å². The molecule has 0 aromatic heterocycles. The first-order valence-corrected chi connectivity index (χ1v) is 6.51. The minimum absolute atomic E-state index is 0.152. The number of rotatable bonds is 5. The molecule has 9 heteroatoms. The number of primary amides is 1. The number of carbonyl (C=O) groups excluding carboxylic acids is 2.